The summed E-state index contributed by atoms with van der Waals surface area (Å²) in [5.74, 6) is 0. The van der Waals surface area contributed by atoms with Crippen molar-refractivity contribution in [3.8, 4) is 50.2 Å². The van der Waals surface area contributed by atoms with Gasteiger partial charge in [-0.05, 0) is 117 Å². The smallest absolute Gasteiger partial charge is 0.0547 e. The molecule has 12 aromatic rings. The van der Waals surface area contributed by atoms with Crippen molar-refractivity contribution in [3.63, 3.8) is 0 Å². The summed E-state index contributed by atoms with van der Waals surface area (Å²) in [6.45, 7) is 0. The summed E-state index contributed by atoms with van der Waals surface area (Å²) in [6.07, 6.45) is 0. The van der Waals surface area contributed by atoms with E-state index >= 15 is 0 Å². The van der Waals surface area contributed by atoms with Gasteiger partial charge in [0.05, 0.1) is 11.0 Å². The Hall–Kier alpha value is -7.98. The number of fused-ring (bicyclic) bond motifs is 6. The van der Waals surface area contributed by atoms with Crippen LogP contribution in [0.3, 0.4) is 0 Å². The van der Waals surface area contributed by atoms with Crippen molar-refractivity contribution in [3.05, 3.63) is 243 Å². The van der Waals surface area contributed by atoms with Crippen LogP contribution in [0.4, 0.5) is 17.1 Å². The molecule has 2 aromatic heterocycles. The summed E-state index contributed by atoms with van der Waals surface area (Å²) in [5.41, 5.74) is 16.3. The molecule has 10 aromatic carbocycles. The number of anilines is 3. The van der Waals surface area contributed by atoms with E-state index < -0.39 is 0 Å². The average Bonchev–Trinajstić information content (AvgIpc) is 3.91. The molecule has 0 radical (unpaired) electrons. The Morgan fingerprint density at radius 1 is 0.302 bits per heavy atom. The van der Waals surface area contributed by atoms with Crippen LogP contribution in [0.15, 0.2) is 243 Å². The van der Waals surface area contributed by atoms with Gasteiger partial charge in [0.15, 0.2) is 0 Å². The molecule has 0 aliphatic heterocycles. The lowest BCUT2D eigenvalue weighted by atomic mass is 9.96. The lowest BCUT2D eigenvalue weighted by Crippen LogP contribution is -2.10. The van der Waals surface area contributed by atoms with Crippen LogP contribution in [0.5, 0.6) is 0 Å². The maximum Gasteiger partial charge on any atom is 0.0547 e. The summed E-state index contributed by atoms with van der Waals surface area (Å²) >= 11 is 1.87. The summed E-state index contributed by atoms with van der Waals surface area (Å²) < 4.78 is 5.01. The number of hydrogen-bond acceptors (Lipinski definition) is 2. The molecule has 0 unspecified atom stereocenters. The van der Waals surface area contributed by atoms with Gasteiger partial charge < -0.3 is 9.47 Å². The Kier molecular flexibility index (Phi) is 9.06. The van der Waals surface area contributed by atoms with E-state index in [1.165, 1.54) is 86.5 Å². The fourth-order valence-corrected chi connectivity index (χ4v) is 10.6. The van der Waals surface area contributed by atoms with Gasteiger partial charge in [-0.1, -0.05) is 170 Å². The molecule has 0 aliphatic carbocycles. The monoisotopic (exact) mass is 820 g/mol. The van der Waals surface area contributed by atoms with E-state index in [9.17, 15) is 0 Å². The summed E-state index contributed by atoms with van der Waals surface area (Å²) in [7, 11) is 0. The molecule has 63 heavy (non-hydrogen) atoms. The van der Waals surface area contributed by atoms with Crippen molar-refractivity contribution in [1.82, 2.24) is 4.57 Å². The second-order valence-corrected chi connectivity index (χ2v) is 17.2. The third-order valence-corrected chi connectivity index (χ3v) is 13.6. The molecule has 2 heterocycles. The van der Waals surface area contributed by atoms with Gasteiger partial charge in [-0.2, -0.15) is 0 Å². The lowest BCUT2D eigenvalue weighted by Gasteiger charge is -2.27. The van der Waals surface area contributed by atoms with Crippen LogP contribution in [-0.2, 0) is 0 Å². The summed E-state index contributed by atoms with van der Waals surface area (Å²) in [5, 5.41) is 5.12. The van der Waals surface area contributed by atoms with Gasteiger partial charge in [0, 0.05) is 53.7 Å². The van der Waals surface area contributed by atoms with Gasteiger partial charge in [0.1, 0.15) is 0 Å². The van der Waals surface area contributed by atoms with Crippen LogP contribution < -0.4 is 4.90 Å². The molecule has 0 saturated carbocycles. The molecule has 296 valence electrons. The number of aromatic nitrogens is 1. The highest BCUT2D eigenvalue weighted by Gasteiger charge is 2.19. The van der Waals surface area contributed by atoms with Crippen molar-refractivity contribution >= 4 is 70.4 Å². The van der Waals surface area contributed by atoms with Gasteiger partial charge >= 0.3 is 0 Å². The fourth-order valence-electron chi connectivity index (χ4n) is 9.38. The molecular formula is C60H40N2S. The van der Waals surface area contributed by atoms with E-state index in [0.29, 0.717) is 0 Å². The molecule has 0 fully saturated rings. The van der Waals surface area contributed by atoms with Gasteiger partial charge in [0.25, 0.3) is 0 Å². The first-order valence-electron chi connectivity index (χ1n) is 21.5. The number of nitrogens with zero attached hydrogens (tertiary/aromatic N) is 2. The molecule has 0 bridgehead atoms. The normalized spacial score (nSPS) is 11.5. The standard InChI is InChI=1S/C60H40N2S/c1-4-16-41(17-5-1)46-36-47(42-18-6-2-7-19-42)39-51(38-46)61(50-23-14-20-45(37-50)52-26-15-27-56-55-25-11-13-29-59(55)63-60(52)56)49-33-30-43(31-34-49)44-32-35-54-53-24-10-12-28-57(53)62(58(54)40-44)48-21-8-3-9-22-48/h1-40H. The quantitative estimate of drug-likeness (QED) is 0.148. The zero-order chi connectivity index (χ0) is 41.7. The van der Waals surface area contributed by atoms with Crippen LogP contribution in [-0.4, -0.2) is 4.57 Å². The Bertz CT molecular complexity index is 3550. The maximum atomic E-state index is 2.42. The lowest BCUT2D eigenvalue weighted by molar-refractivity contribution is 1.18. The minimum Gasteiger partial charge on any atom is -0.310 e. The second kappa shape index (κ2) is 15.5. The molecule has 0 saturated heterocycles. The third kappa shape index (κ3) is 6.58. The van der Waals surface area contributed by atoms with Crippen LogP contribution in [0.2, 0.25) is 0 Å². The molecule has 0 N–H and O–H groups in total. The van der Waals surface area contributed by atoms with Crippen molar-refractivity contribution in [1.29, 1.82) is 0 Å². The van der Waals surface area contributed by atoms with Crippen molar-refractivity contribution in [2.45, 2.75) is 0 Å². The fraction of sp³-hybridized carbons (Fsp3) is 0. The Labute approximate surface area is 370 Å². The van der Waals surface area contributed by atoms with Crippen LogP contribution in [0.25, 0.3) is 92.2 Å². The van der Waals surface area contributed by atoms with Crippen molar-refractivity contribution in [2.24, 2.45) is 0 Å². The highest BCUT2D eigenvalue weighted by molar-refractivity contribution is 7.26. The largest absolute Gasteiger partial charge is 0.310 e. The minimum atomic E-state index is 1.08. The molecule has 12 rings (SSSR count). The van der Waals surface area contributed by atoms with E-state index in [0.717, 1.165) is 22.7 Å². The topological polar surface area (TPSA) is 8.17 Å². The molecule has 0 aliphatic rings. The first-order chi connectivity index (χ1) is 31.2. The molecular weight excluding hydrogens is 781 g/mol. The predicted molar refractivity (Wildman–Crippen MR) is 270 cm³/mol. The van der Waals surface area contributed by atoms with E-state index in [1.807, 2.05) is 11.3 Å². The number of thiophene rings is 1. The van der Waals surface area contributed by atoms with E-state index in [-0.39, 0.29) is 0 Å². The number of hydrogen-bond donors (Lipinski definition) is 0. The zero-order valence-corrected chi connectivity index (χ0v) is 35.2. The third-order valence-electron chi connectivity index (χ3n) is 12.4. The number of para-hydroxylation sites is 2. The summed E-state index contributed by atoms with van der Waals surface area (Å²) in [4.78, 5) is 2.42. The molecule has 3 heteroatoms. The minimum absolute atomic E-state index is 1.08. The van der Waals surface area contributed by atoms with Crippen LogP contribution in [0.1, 0.15) is 0 Å². The Morgan fingerprint density at radius 2 is 0.857 bits per heavy atom. The zero-order valence-electron chi connectivity index (χ0n) is 34.4. The van der Waals surface area contributed by atoms with Gasteiger partial charge in [-0.15, -0.1) is 11.3 Å². The molecule has 0 spiro atoms. The first-order valence-corrected chi connectivity index (χ1v) is 22.3. The van der Waals surface area contributed by atoms with Gasteiger partial charge in [-0.25, -0.2) is 0 Å². The highest BCUT2D eigenvalue weighted by Crippen LogP contribution is 2.44. The summed E-state index contributed by atoms with van der Waals surface area (Å²) in [6, 6.07) is 88.4. The van der Waals surface area contributed by atoms with Crippen molar-refractivity contribution < 1.29 is 0 Å². The van der Waals surface area contributed by atoms with E-state index in [1.54, 1.807) is 0 Å². The Morgan fingerprint density at radius 3 is 1.60 bits per heavy atom. The van der Waals surface area contributed by atoms with E-state index in [4.69, 9.17) is 0 Å². The van der Waals surface area contributed by atoms with Crippen LogP contribution in [0, 0.1) is 0 Å². The Balaban J connectivity index is 1.03. The second-order valence-electron chi connectivity index (χ2n) is 16.1. The maximum absolute atomic E-state index is 2.42. The molecule has 0 atom stereocenters. The predicted octanol–water partition coefficient (Wildman–Crippen LogP) is 17.3. The van der Waals surface area contributed by atoms with Crippen molar-refractivity contribution in [2.75, 3.05) is 4.90 Å². The van der Waals surface area contributed by atoms with E-state index in [2.05, 4.69) is 252 Å². The van der Waals surface area contributed by atoms with Gasteiger partial charge in [-0.3, -0.25) is 0 Å². The first kappa shape index (κ1) is 36.8. The molecule has 2 nitrogen and oxygen atoms in total. The SMILES string of the molecule is c1ccc(-c2cc(-c3ccccc3)cc(N(c3ccc(-c4ccc5c6ccccc6n(-c6ccccc6)c5c4)cc3)c3cccc(-c4cccc5c4sc4ccccc45)c3)c2)cc1. The van der Waals surface area contributed by atoms with Gasteiger partial charge in [0.2, 0.25) is 0 Å². The number of rotatable bonds is 8. The number of benzene rings is 10. The highest BCUT2D eigenvalue weighted by atomic mass is 32.1. The average molecular weight is 821 g/mol. The molecule has 0 amide bonds. The van der Waals surface area contributed by atoms with Crippen LogP contribution >= 0.6 is 11.3 Å².